The zero-order valence-electron chi connectivity index (χ0n) is 11.0. The highest BCUT2D eigenvalue weighted by atomic mass is 35.5. The summed E-state index contributed by atoms with van der Waals surface area (Å²) in [5.74, 6) is -1.47. The molecule has 0 spiro atoms. The van der Waals surface area contributed by atoms with Gasteiger partial charge in [0.05, 0.1) is 12.2 Å². The van der Waals surface area contributed by atoms with Gasteiger partial charge in [0.2, 0.25) is 5.91 Å². The quantitative estimate of drug-likeness (QED) is 0.747. The van der Waals surface area contributed by atoms with Crippen molar-refractivity contribution in [3.8, 4) is 0 Å². The lowest BCUT2D eigenvalue weighted by molar-refractivity contribution is -0.121. The molecule has 0 radical (unpaired) electrons. The van der Waals surface area contributed by atoms with E-state index >= 15 is 0 Å². The first-order valence-corrected chi connectivity index (χ1v) is 6.41. The van der Waals surface area contributed by atoms with Crippen molar-refractivity contribution in [3.63, 3.8) is 0 Å². The molecule has 0 aliphatic heterocycles. The molecule has 0 fully saturated rings. The number of methoxy groups -OCH3 is 1. The summed E-state index contributed by atoms with van der Waals surface area (Å²) in [5, 5.41) is 5.34. The molecule has 0 saturated carbocycles. The first-order chi connectivity index (χ1) is 9.54. The van der Waals surface area contributed by atoms with Crippen molar-refractivity contribution in [1.29, 1.82) is 0 Å². The Morgan fingerprint density at radius 1 is 1.30 bits per heavy atom. The lowest BCUT2D eigenvalue weighted by Crippen LogP contribution is -2.32. The zero-order chi connectivity index (χ0) is 15.0. The first kappa shape index (κ1) is 16.4. The summed E-state index contributed by atoms with van der Waals surface area (Å²) >= 11 is 5.69. The third-order valence-electron chi connectivity index (χ3n) is 2.44. The number of carbonyl (C=O) groups is 2. The summed E-state index contributed by atoms with van der Waals surface area (Å²) in [6, 6.07) is 3.72. The van der Waals surface area contributed by atoms with E-state index in [4.69, 9.17) is 16.3 Å². The van der Waals surface area contributed by atoms with Gasteiger partial charge in [-0.3, -0.25) is 9.59 Å². The largest absolute Gasteiger partial charge is 0.383 e. The summed E-state index contributed by atoms with van der Waals surface area (Å²) in [7, 11) is 1.53. The van der Waals surface area contributed by atoms with Crippen LogP contribution in [0, 0.1) is 5.82 Å². The first-order valence-electron chi connectivity index (χ1n) is 6.03. The van der Waals surface area contributed by atoms with Gasteiger partial charge < -0.3 is 15.4 Å². The van der Waals surface area contributed by atoms with E-state index in [-0.39, 0.29) is 29.5 Å². The average Bonchev–Trinajstić information content (AvgIpc) is 2.41. The minimum Gasteiger partial charge on any atom is -0.383 e. The predicted octanol–water partition coefficient (Wildman–Crippen LogP) is 1.36. The molecule has 5 nitrogen and oxygen atoms in total. The van der Waals surface area contributed by atoms with Gasteiger partial charge >= 0.3 is 0 Å². The molecule has 1 aromatic carbocycles. The maximum absolute atomic E-state index is 13.4. The van der Waals surface area contributed by atoms with E-state index in [2.05, 4.69) is 10.6 Å². The van der Waals surface area contributed by atoms with E-state index in [1.54, 1.807) is 0 Å². The van der Waals surface area contributed by atoms with Gasteiger partial charge in [0, 0.05) is 31.6 Å². The number of benzene rings is 1. The third-order valence-corrected chi connectivity index (χ3v) is 2.67. The van der Waals surface area contributed by atoms with Crippen molar-refractivity contribution in [2.75, 3.05) is 26.8 Å². The Bertz CT molecular complexity index is 483. The zero-order valence-corrected chi connectivity index (χ0v) is 11.8. The summed E-state index contributed by atoms with van der Waals surface area (Å²) in [6.45, 7) is 0.946. The van der Waals surface area contributed by atoms with Crippen LogP contribution in [-0.4, -0.2) is 38.6 Å². The monoisotopic (exact) mass is 302 g/mol. The fourth-order valence-corrected chi connectivity index (χ4v) is 1.61. The van der Waals surface area contributed by atoms with E-state index in [1.807, 2.05) is 0 Å². The van der Waals surface area contributed by atoms with Gasteiger partial charge in [-0.25, -0.2) is 4.39 Å². The SMILES string of the molecule is COCCNC(=O)CCNC(=O)c1cc(Cl)ccc1F. The number of nitrogens with one attached hydrogen (secondary N) is 2. The van der Waals surface area contributed by atoms with Gasteiger partial charge in [0.1, 0.15) is 5.82 Å². The molecule has 2 N–H and O–H groups in total. The lowest BCUT2D eigenvalue weighted by Gasteiger charge is -2.07. The third kappa shape index (κ3) is 5.54. The van der Waals surface area contributed by atoms with Crippen LogP contribution in [-0.2, 0) is 9.53 Å². The van der Waals surface area contributed by atoms with Crippen molar-refractivity contribution in [2.45, 2.75) is 6.42 Å². The van der Waals surface area contributed by atoms with Crippen LogP contribution in [0.5, 0.6) is 0 Å². The lowest BCUT2D eigenvalue weighted by atomic mass is 10.2. The fraction of sp³-hybridized carbons (Fsp3) is 0.385. The van der Waals surface area contributed by atoms with E-state index < -0.39 is 11.7 Å². The van der Waals surface area contributed by atoms with Crippen molar-refractivity contribution in [1.82, 2.24) is 10.6 Å². The molecular formula is C13H16ClFN2O3. The van der Waals surface area contributed by atoms with Crippen LogP contribution in [0.4, 0.5) is 4.39 Å². The molecule has 0 unspecified atom stereocenters. The van der Waals surface area contributed by atoms with Crippen LogP contribution in [0.25, 0.3) is 0 Å². The minimum absolute atomic E-state index is 0.109. The average molecular weight is 303 g/mol. The van der Waals surface area contributed by atoms with Crippen molar-refractivity contribution in [3.05, 3.63) is 34.6 Å². The summed E-state index contributed by atoms with van der Waals surface area (Å²) in [4.78, 5) is 23.0. The van der Waals surface area contributed by atoms with E-state index in [0.717, 1.165) is 6.07 Å². The molecule has 0 aromatic heterocycles. The number of rotatable bonds is 7. The topological polar surface area (TPSA) is 67.4 Å². The molecule has 0 aliphatic carbocycles. The predicted molar refractivity (Wildman–Crippen MR) is 73.2 cm³/mol. The van der Waals surface area contributed by atoms with Gasteiger partial charge in [-0.2, -0.15) is 0 Å². The van der Waals surface area contributed by atoms with E-state index in [0.29, 0.717) is 13.2 Å². The molecule has 0 bridgehead atoms. The molecule has 20 heavy (non-hydrogen) atoms. The molecular weight excluding hydrogens is 287 g/mol. The smallest absolute Gasteiger partial charge is 0.254 e. The number of amides is 2. The van der Waals surface area contributed by atoms with Crippen molar-refractivity contribution >= 4 is 23.4 Å². The molecule has 0 atom stereocenters. The molecule has 0 heterocycles. The Labute approximate surface area is 121 Å². The van der Waals surface area contributed by atoms with Crippen LogP contribution in [0.2, 0.25) is 5.02 Å². The molecule has 1 rings (SSSR count). The van der Waals surface area contributed by atoms with Gasteiger partial charge in [-0.15, -0.1) is 0 Å². The Morgan fingerprint density at radius 2 is 2.05 bits per heavy atom. The second kappa shape index (κ2) is 8.50. The molecule has 1 aromatic rings. The summed E-state index contributed by atoms with van der Waals surface area (Å²) in [5.41, 5.74) is -0.141. The molecule has 7 heteroatoms. The molecule has 0 aliphatic rings. The Balaban J connectivity index is 2.36. The summed E-state index contributed by atoms with van der Waals surface area (Å²) < 4.78 is 18.2. The number of hydrogen-bond acceptors (Lipinski definition) is 3. The Hall–Kier alpha value is -1.66. The highest BCUT2D eigenvalue weighted by Gasteiger charge is 2.12. The van der Waals surface area contributed by atoms with Crippen LogP contribution in [0.1, 0.15) is 16.8 Å². The van der Waals surface area contributed by atoms with Gasteiger partial charge in [-0.1, -0.05) is 11.6 Å². The summed E-state index contributed by atoms with van der Waals surface area (Å²) in [6.07, 6.45) is 0.109. The van der Waals surface area contributed by atoms with Crippen LogP contribution >= 0.6 is 11.6 Å². The van der Waals surface area contributed by atoms with E-state index in [9.17, 15) is 14.0 Å². The van der Waals surface area contributed by atoms with Crippen LogP contribution < -0.4 is 10.6 Å². The molecule has 110 valence electrons. The van der Waals surface area contributed by atoms with Gasteiger partial charge in [-0.05, 0) is 18.2 Å². The second-order valence-corrected chi connectivity index (χ2v) is 4.41. The number of carbonyl (C=O) groups excluding carboxylic acids is 2. The van der Waals surface area contributed by atoms with E-state index in [1.165, 1.54) is 19.2 Å². The number of hydrogen-bond donors (Lipinski definition) is 2. The normalized spacial score (nSPS) is 10.2. The number of halogens is 2. The van der Waals surface area contributed by atoms with Gasteiger partial charge in [0.25, 0.3) is 5.91 Å². The van der Waals surface area contributed by atoms with Crippen molar-refractivity contribution in [2.24, 2.45) is 0 Å². The molecule has 0 saturated heterocycles. The highest BCUT2D eigenvalue weighted by Crippen LogP contribution is 2.14. The van der Waals surface area contributed by atoms with Crippen molar-refractivity contribution < 1.29 is 18.7 Å². The Morgan fingerprint density at radius 3 is 2.75 bits per heavy atom. The maximum atomic E-state index is 13.4. The second-order valence-electron chi connectivity index (χ2n) is 3.97. The van der Waals surface area contributed by atoms with Crippen LogP contribution in [0.15, 0.2) is 18.2 Å². The minimum atomic E-state index is -0.656. The Kier molecular flexibility index (Phi) is 6.97. The number of ether oxygens (including phenoxy) is 1. The standard InChI is InChI=1S/C13H16ClFN2O3/c1-20-7-6-16-12(18)4-5-17-13(19)10-8-9(14)2-3-11(10)15/h2-3,8H,4-7H2,1H3,(H,16,18)(H,17,19). The molecule has 2 amide bonds. The maximum Gasteiger partial charge on any atom is 0.254 e. The highest BCUT2D eigenvalue weighted by molar-refractivity contribution is 6.31. The fourth-order valence-electron chi connectivity index (χ4n) is 1.44. The van der Waals surface area contributed by atoms with Gasteiger partial charge in [0.15, 0.2) is 0 Å². The van der Waals surface area contributed by atoms with Crippen LogP contribution in [0.3, 0.4) is 0 Å².